The van der Waals surface area contributed by atoms with Crippen LogP contribution in [-0.2, 0) is 9.47 Å². The molecular formula is C15H32O3. The van der Waals surface area contributed by atoms with Gasteiger partial charge in [0.1, 0.15) is 6.79 Å². The van der Waals surface area contributed by atoms with E-state index in [-0.39, 0.29) is 6.10 Å². The van der Waals surface area contributed by atoms with Gasteiger partial charge >= 0.3 is 0 Å². The SMILES string of the molecule is CCCCC(O)CCCCCCCCOCOC. The zero-order chi connectivity index (χ0) is 13.5. The number of ether oxygens (including phenoxy) is 2. The zero-order valence-electron chi connectivity index (χ0n) is 12.3. The van der Waals surface area contributed by atoms with Crippen molar-refractivity contribution in [2.24, 2.45) is 0 Å². The fourth-order valence-electron chi connectivity index (χ4n) is 2.02. The molecule has 0 aliphatic heterocycles. The van der Waals surface area contributed by atoms with Crippen LogP contribution in [-0.4, -0.2) is 31.7 Å². The normalized spacial score (nSPS) is 12.8. The molecule has 0 rings (SSSR count). The van der Waals surface area contributed by atoms with E-state index in [1.54, 1.807) is 7.11 Å². The zero-order valence-corrected chi connectivity index (χ0v) is 12.3. The third kappa shape index (κ3) is 13.9. The largest absolute Gasteiger partial charge is 0.393 e. The van der Waals surface area contributed by atoms with Crippen molar-refractivity contribution < 1.29 is 14.6 Å². The smallest absolute Gasteiger partial charge is 0.146 e. The number of aliphatic hydroxyl groups is 1. The van der Waals surface area contributed by atoms with Crippen LogP contribution in [0.3, 0.4) is 0 Å². The minimum atomic E-state index is -0.0626. The lowest BCUT2D eigenvalue weighted by Gasteiger charge is -2.09. The summed E-state index contributed by atoms with van der Waals surface area (Å²) >= 11 is 0. The Balaban J connectivity index is 3.02. The highest BCUT2D eigenvalue weighted by Crippen LogP contribution is 2.11. The lowest BCUT2D eigenvalue weighted by molar-refractivity contribution is -0.0315. The molecule has 0 aromatic heterocycles. The Morgan fingerprint density at radius 3 is 2.17 bits per heavy atom. The van der Waals surface area contributed by atoms with Crippen LogP contribution in [0, 0.1) is 0 Å². The molecular weight excluding hydrogens is 228 g/mol. The lowest BCUT2D eigenvalue weighted by atomic mass is 10.0. The van der Waals surface area contributed by atoms with Crippen LogP contribution < -0.4 is 0 Å². The summed E-state index contributed by atoms with van der Waals surface area (Å²) in [5.74, 6) is 0. The summed E-state index contributed by atoms with van der Waals surface area (Å²) in [6, 6.07) is 0. The lowest BCUT2D eigenvalue weighted by Crippen LogP contribution is -2.05. The molecule has 1 N–H and O–H groups in total. The molecule has 0 bridgehead atoms. The number of rotatable bonds is 14. The second-order valence-electron chi connectivity index (χ2n) is 5.02. The third-order valence-electron chi connectivity index (χ3n) is 3.17. The molecule has 0 saturated carbocycles. The molecule has 3 nitrogen and oxygen atoms in total. The van der Waals surface area contributed by atoms with Gasteiger partial charge in [-0.25, -0.2) is 0 Å². The molecule has 0 amide bonds. The van der Waals surface area contributed by atoms with Gasteiger partial charge in [0.25, 0.3) is 0 Å². The van der Waals surface area contributed by atoms with Crippen LogP contribution >= 0.6 is 0 Å². The molecule has 0 aromatic rings. The van der Waals surface area contributed by atoms with Crippen LogP contribution in [0.5, 0.6) is 0 Å². The summed E-state index contributed by atoms with van der Waals surface area (Å²) in [6.45, 7) is 3.39. The molecule has 1 atom stereocenters. The monoisotopic (exact) mass is 260 g/mol. The van der Waals surface area contributed by atoms with Crippen molar-refractivity contribution in [3.63, 3.8) is 0 Å². The molecule has 0 spiro atoms. The van der Waals surface area contributed by atoms with Crippen LogP contribution in [0.15, 0.2) is 0 Å². The standard InChI is InChI=1S/C15H32O3/c1-3-4-11-15(16)12-9-7-5-6-8-10-13-18-14-17-2/h15-16H,3-14H2,1-2H3. The summed E-state index contributed by atoms with van der Waals surface area (Å²) in [7, 11) is 1.65. The predicted molar refractivity (Wildman–Crippen MR) is 75.7 cm³/mol. The predicted octanol–water partition coefficient (Wildman–Crippen LogP) is 3.89. The molecule has 3 heteroatoms. The van der Waals surface area contributed by atoms with Crippen LogP contribution in [0.25, 0.3) is 0 Å². The van der Waals surface area contributed by atoms with E-state index < -0.39 is 0 Å². The second kappa shape index (κ2) is 14.9. The molecule has 0 radical (unpaired) electrons. The summed E-state index contributed by atoms with van der Waals surface area (Å²) < 4.78 is 10.0. The first-order chi connectivity index (χ1) is 8.81. The Morgan fingerprint density at radius 2 is 1.50 bits per heavy atom. The minimum absolute atomic E-state index is 0.0626. The Hall–Kier alpha value is -0.120. The summed E-state index contributed by atoms with van der Waals surface area (Å²) in [5.41, 5.74) is 0. The van der Waals surface area contributed by atoms with Crippen LogP contribution in [0.1, 0.15) is 71.1 Å². The van der Waals surface area contributed by atoms with Crippen LogP contribution in [0.2, 0.25) is 0 Å². The van der Waals surface area contributed by atoms with Gasteiger partial charge in [0.2, 0.25) is 0 Å². The van der Waals surface area contributed by atoms with Crippen molar-refractivity contribution >= 4 is 0 Å². The molecule has 1 unspecified atom stereocenters. The number of unbranched alkanes of at least 4 members (excludes halogenated alkanes) is 6. The van der Waals surface area contributed by atoms with Gasteiger partial charge in [0.15, 0.2) is 0 Å². The highest BCUT2D eigenvalue weighted by Gasteiger charge is 2.02. The van der Waals surface area contributed by atoms with E-state index in [1.165, 1.54) is 38.5 Å². The summed E-state index contributed by atoms with van der Waals surface area (Å²) in [6.07, 6.45) is 11.6. The van der Waals surface area contributed by atoms with E-state index in [4.69, 9.17) is 9.47 Å². The van der Waals surface area contributed by atoms with Gasteiger partial charge in [-0.15, -0.1) is 0 Å². The third-order valence-corrected chi connectivity index (χ3v) is 3.17. The molecule has 0 aliphatic carbocycles. The Bertz CT molecular complexity index is 151. The van der Waals surface area contributed by atoms with Crippen molar-refractivity contribution in [1.29, 1.82) is 0 Å². The topological polar surface area (TPSA) is 38.7 Å². The quantitative estimate of drug-likeness (QED) is 0.380. The minimum Gasteiger partial charge on any atom is -0.393 e. The maximum atomic E-state index is 9.68. The van der Waals surface area contributed by atoms with Gasteiger partial charge in [-0.3, -0.25) is 0 Å². The van der Waals surface area contributed by atoms with E-state index >= 15 is 0 Å². The molecule has 18 heavy (non-hydrogen) atoms. The Kier molecular flexibility index (Phi) is 14.8. The van der Waals surface area contributed by atoms with Gasteiger partial charge < -0.3 is 14.6 Å². The first-order valence-electron chi connectivity index (χ1n) is 7.56. The van der Waals surface area contributed by atoms with Crippen molar-refractivity contribution in [1.82, 2.24) is 0 Å². The Labute approximate surface area is 113 Å². The first kappa shape index (κ1) is 17.9. The number of hydrogen-bond acceptors (Lipinski definition) is 3. The molecule has 110 valence electrons. The second-order valence-corrected chi connectivity index (χ2v) is 5.02. The number of methoxy groups -OCH3 is 1. The molecule has 0 aromatic carbocycles. The van der Waals surface area contributed by atoms with Gasteiger partial charge in [0.05, 0.1) is 6.10 Å². The molecule has 0 fully saturated rings. The van der Waals surface area contributed by atoms with E-state index in [9.17, 15) is 5.11 Å². The fourth-order valence-corrected chi connectivity index (χ4v) is 2.02. The molecule has 0 heterocycles. The number of hydrogen-bond donors (Lipinski definition) is 1. The highest BCUT2D eigenvalue weighted by molar-refractivity contribution is 4.56. The maximum Gasteiger partial charge on any atom is 0.146 e. The van der Waals surface area contributed by atoms with E-state index in [2.05, 4.69) is 6.92 Å². The first-order valence-corrected chi connectivity index (χ1v) is 7.56. The highest BCUT2D eigenvalue weighted by atomic mass is 16.7. The van der Waals surface area contributed by atoms with Crippen molar-refractivity contribution in [2.75, 3.05) is 20.5 Å². The average molecular weight is 260 g/mol. The van der Waals surface area contributed by atoms with E-state index in [0.717, 1.165) is 32.3 Å². The fraction of sp³-hybridized carbons (Fsp3) is 1.00. The van der Waals surface area contributed by atoms with Gasteiger partial charge in [0, 0.05) is 13.7 Å². The number of aliphatic hydroxyl groups excluding tert-OH is 1. The van der Waals surface area contributed by atoms with Crippen molar-refractivity contribution in [3.8, 4) is 0 Å². The van der Waals surface area contributed by atoms with Gasteiger partial charge in [-0.1, -0.05) is 51.9 Å². The van der Waals surface area contributed by atoms with Crippen molar-refractivity contribution in [2.45, 2.75) is 77.2 Å². The summed E-state index contributed by atoms with van der Waals surface area (Å²) in [5, 5.41) is 9.68. The molecule has 0 aliphatic rings. The Morgan fingerprint density at radius 1 is 0.889 bits per heavy atom. The van der Waals surface area contributed by atoms with Gasteiger partial charge in [-0.2, -0.15) is 0 Å². The van der Waals surface area contributed by atoms with Gasteiger partial charge in [-0.05, 0) is 19.3 Å². The van der Waals surface area contributed by atoms with E-state index in [0.29, 0.717) is 6.79 Å². The maximum absolute atomic E-state index is 9.68. The average Bonchev–Trinajstić information content (AvgIpc) is 2.38. The summed E-state index contributed by atoms with van der Waals surface area (Å²) in [4.78, 5) is 0. The van der Waals surface area contributed by atoms with Crippen LogP contribution in [0.4, 0.5) is 0 Å². The van der Waals surface area contributed by atoms with E-state index in [1.807, 2.05) is 0 Å². The molecule has 0 saturated heterocycles. The van der Waals surface area contributed by atoms with Crippen molar-refractivity contribution in [3.05, 3.63) is 0 Å².